The summed E-state index contributed by atoms with van der Waals surface area (Å²) in [6.45, 7) is 2.90. The lowest BCUT2D eigenvalue weighted by atomic mass is 10.2. The van der Waals surface area contributed by atoms with Gasteiger partial charge in [0.05, 0.1) is 12.1 Å². The third kappa shape index (κ3) is 1.80. The van der Waals surface area contributed by atoms with Gasteiger partial charge in [-0.15, -0.1) is 0 Å². The molecule has 0 spiro atoms. The van der Waals surface area contributed by atoms with Crippen LogP contribution in [0.1, 0.15) is 5.69 Å². The normalized spacial score (nSPS) is 11.2. The van der Waals surface area contributed by atoms with Crippen LogP contribution in [0.25, 0.3) is 10.9 Å². The number of fused-ring (bicyclic) bond motifs is 1. The Hall–Kier alpha value is -1.82. The highest BCUT2D eigenvalue weighted by molar-refractivity contribution is 5.88. The molecule has 0 amide bonds. The van der Waals surface area contributed by atoms with Crippen molar-refractivity contribution in [3.8, 4) is 0 Å². The minimum absolute atomic E-state index is 0.109. The van der Waals surface area contributed by atoms with Gasteiger partial charge in [-0.05, 0) is 13.0 Å². The van der Waals surface area contributed by atoms with E-state index in [2.05, 4.69) is 5.10 Å². The fourth-order valence-electron chi connectivity index (χ4n) is 1.97. The van der Waals surface area contributed by atoms with Crippen LogP contribution in [0, 0.1) is 6.92 Å². The highest BCUT2D eigenvalue weighted by atomic mass is 16.5. The first kappa shape index (κ1) is 11.7. The molecule has 2 heterocycles. The zero-order valence-corrected chi connectivity index (χ0v) is 10.2. The molecule has 0 saturated carbocycles. The van der Waals surface area contributed by atoms with Gasteiger partial charge in [0, 0.05) is 26.4 Å². The van der Waals surface area contributed by atoms with E-state index in [4.69, 9.17) is 10.5 Å². The summed E-state index contributed by atoms with van der Waals surface area (Å²) >= 11 is 0. The molecule has 2 rings (SSSR count). The molecule has 0 atom stereocenters. The van der Waals surface area contributed by atoms with Crippen molar-refractivity contribution in [2.45, 2.75) is 13.5 Å². The number of nitrogens with zero attached hydrogens (tertiary/aromatic N) is 3. The molecule has 92 valence electrons. The molecule has 0 aliphatic carbocycles. The summed E-state index contributed by atoms with van der Waals surface area (Å²) in [6.07, 6.45) is 0. The monoisotopic (exact) mass is 236 g/mol. The third-order valence-electron chi connectivity index (χ3n) is 2.87. The van der Waals surface area contributed by atoms with Crippen LogP contribution in [0.2, 0.25) is 0 Å². The molecule has 0 aliphatic heterocycles. The zero-order valence-electron chi connectivity index (χ0n) is 10.2. The van der Waals surface area contributed by atoms with Crippen molar-refractivity contribution < 1.29 is 4.74 Å². The van der Waals surface area contributed by atoms with E-state index < -0.39 is 0 Å². The summed E-state index contributed by atoms with van der Waals surface area (Å²) in [4.78, 5) is 12.3. The largest absolute Gasteiger partial charge is 0.383 e. The SMILES string of the molecule is COCCn1c(C)cc2c(c(N)nn2C)c1=O. The van der Waals surface area contributed by atoms with Crippen molar-refractivity contribution in [1.82, 2.24) is 14.3 Å². The molecular formula is C11H16N4O2. The Labute approximate surface area is 98.6 Å². The van der Waals surface area contributed by atoms with Gasteiger partial charge in [0.2, 0.25) is 0 Å². The number of rotatable bonds is 3. The van der Waals surface area contributed by atoms with Crippen LogP contribution in [-0.2, 0) is 18.3 Å². The number of hydrogen-bond acceptors (Lipinski definition) is 4. The molecule has 0 saturated heterocycles. The second-order valence-corrected chi connectivity index (χ2v) is 4.00. The fraction of sp³-hybridized carbons (Fsp3) is 0.455. The number of pyridine rings is 1. The van der Waals surface area contributed by atoms with E-state index in [0.29, 0.717) is 18.5 Å². The second kappa shape index (κ2) is 4.21. The van der Waals surface area contributed by atoms with E-state index in [-0.39, 0.29) is 11.4 Å². The highest BCUT2D eigenvalue weighted by Gasteiger charge is 2.13. The van der Waals surface area contributed by atoms with Gasteiger partial charge in [-0.2, -0.15) is 5.10 Å². The Kier molecular flexibility index (Phi) is 2.89. The molecule has 0 aromatic carbocycles. The predicted octanol–water partition coefficient (Wildman–Crippen LogP) is 0.272. The summed E-state index contributed by atoms with van der Waals surface area (Å²) < 4.78 is 8.27. The Morgan fingerprint density at radius 2 is 2.24 bits per heavy atom. The molecule has 6 nitrogen and oxygen atoms in total. The summed E-state index contributed by atoms with van der Waals surface area (Å²) in [5, 5.41) is 4.54. The van der Waals surface area contributed by atoms with Crippen LogP contribution in [0.4, 0.5) is 5.82 Å². The van der Waals surface area contributed by atoms with Crippen LogP contribution in [0.5, 0.6) is 0 Å². The standard InChI is InChI=1S/C11H16N4O2/c1-7-6-8-9(10(12)13-14(8)2)11(16)15(7)4-5-17-3/h6H,4-5H2,1-3H3,(H2,12,13). The second-order valence-electron chi connectivity index (χ2n) is 4.00. The van der Waals surface area contributed by atoms with Crippen molar-refractivity contribution >= 4 is 16.7 Å². The number of nitrogen functional groups attached to an aromatic ring is 1. The fourth-order valence-corrected chi connectivity index (χ4v) is 1.97. The number of nitrogens with two attached hydrogens (primary N) is 1. The maximum absolute atomic E-state index is 12.3. The van der Waals surface area contributed by atoms with Gasteiger partial charge in [-0.25, -0.2) is 0 Å². The first-order valence-corrected chi connectivity index (χ1v) is 5.37. The molecule has 6 heteroatoms. The molecule has 2 aromatic rings. The van der Waals surface area contributed by atoms with Crippen molar-refractivity contribution in [1.29, 1.82) is 0 Å². The topological polar surface area (TPSA) is 75.1 Å². The number of aromatic nitrogens is 3. The highest BCUT2D eigenvalue weighted by Crippen LogP contribution is 2.16. The van der Waals surface area contributed by atoms with Crippen LogP contribution in [0.3, 0.4) is 0 Å². The van der Waals surface area contributed by atoms with Gasteiger partial charge in [0.25, 0.3) is 5.56 Å². The molecule has 0 bridgehead atoms. The van der Waals surface area contributed by atoms with Crippen LogP contribution in [0.15, 0.2) is 10.9 Å². The van der Waals surface area contributed by atoms with E-state index in [1.54, 1.807) is 23.4 Å². The summed E-state index contributed by atoms with van der Waals surface area (Å²) in [5.74, 6) is 0.277. The molecule has 17 heavy (non-hydrogen) atoms. The molecule has 0 fully saturated rings. The summed E-state index contributed by atoms with van der Waals surface area (Å²) in [5.41, 5.74) is 7.28. The van der Waals surface area contributed by atoms with Gasteiger partial charge in [0.1, 0.15) is 5.39 Å². The summed E-state index contributed by atoms with van der Waals surface area (Å²) in [6, 6.07) is 1.91. The number of hydrogen-bond donors (Lipinski definition) is 1. The third-order valence-corrected chi connectivity index (χ3v) is 2.87. The number of ether oxygens (including phenoxy) is 1. The maximum Gasteiger partial charge on any atom is 0.264 e. The van der Waals surface area contributed by atoms with Gasteiger partial charge in [-0.3, -0.25) is 9.48 Å². The minimum Gasteiger partial charge on any atom is -0.383 e. The Balaban J connectivity index is 2.71. The molecule has 2 aromatic heterocycles. The van der Waals surface area contributed by atoms with Gasteiger partial charge in [0.15, 0.2) is 5.82 Å². The van der Waals surface area contributed by atoms with E-state index in [1.165, 1.54) is 0 Å². The predicted molar refractivity (Wildman–Crippen MR) is 66.0 cm³/mol. The van der Waals surface area contributed by atoms with Gasteiger partial charge >= 0.3 is 0 Å². The summed E-state index contributed by atoms with van der Waals surface area (Å²) in [7, 11) is 3.38. The van der Waals surface area contributed by atoms with E-state index >= 15 is 0 Å². The Bertz CT molecular complexity index is 612. The molecule has 0 radical (unpaired) electrons. The molecule has 0 unspecified atom stereocenters. The number of methoxy groups -OCH3 is 1. The van der Waals surface area contributed by atoms with Crippen molar-refractivity contribution in [3.63, 3.8) is 0 Å². The molecule has 0 aliphatic rings. The van der Waals surface area contributed by atoms with Gasteiger partial charge in [-0.1, -0.05) is 0 Å². The van der Waals surface area contributed by atoms with E-state index in [0.717, 1.165) is 11.2 Å². The van der Waals surface area contributed by atoms with Crippen molar-refractivity contribution in [3.05, 3.63) is 22.1 Å². The first-order chi connectivity index (χ1) is 8.06. The molecular weight excluding hydrogens is 220 g/mol. The minimum atomic E-state index is -0.109. The Morgan fingerprint density at radius 3 is 2.88 bits per heavy atom. The smallest absolute Gasteiger partial charge is 0.264 e. The zero-order chi connectivity index (χ0) is 12.6. The average molecular weight is 236 g/mol. The molecule has 2 N–H and O–H groups in total. The Morgan fingerprint density at radius 1 is 1.53 bits per heavy atom. The maximum atomic E-state index is 12.3. The van der Waals surface area contributed by atoms with E-state index in [9.17, 15) is 4.79 Å². The van der Waals surface area contributed by atoms with Crippen molar-refractivity contribution in [2.24, 2.45) is 7.05 Å². The first-order valence-electron chi connectivity index (χ1n) is 5.37. The lowest BCUT2D eigenvalue weighted by Gasteiger charge is -2.09. The van der Waals surface area contributed by atoms with Crippen LogP contribution >= 0.6 is 0 Å². The van der Waals surface area contributed by atoms with E-state index in [1.807, 2.05) is 13.0 Å². The average Bonchev–Trinajstić information content (AvgIpc) is 2.54. The lowest BCUT2D eigenvalue weighted by molar-refractivity contribution is 0.185. The van der Waals surface area contributed by atoms with Gasteiger partial charge < -0.3 is 15.0 Å². The number of aryl methyl sites for hydroxylation is 2. The van der Waals surface area contributed by atoms with Crippen LogP contribution in [-0.4, -0.2) is 28.1 Å². The van der Waals surface area contributed by atoms with Crippen LogP contribution < -0.4 is 11.3 Å². The van der Waals surface area contributed by atoms with Crippen molar-refractivity contribution in [2.75, 3.05) is 19.5 Å². The number of anilines is 1. The quantitative estimate of drug-likeness (QED) is 0.830. The lowest BCUT2D eigenvalue weighted by Crippen LogP contribution is -2.24.